The van der Waals surface area contributed by atoms with Gasteiger partial charge in [0.25, 0.3) is 0 Å². The predicted octanol–water partition coefficient (Wildman–Crippen LogP) is 1.96. The molecule has 0 aliphatic rings. The fourth-order valence-electron chi connectivity index (χ4n) is 1.44. The van der Waals surface area contributed by atoms with Gasteiger partial charge in [0.1, 0.15) is 5.82 Å². The fraction of sp³-hybridized carbons (Fsp3) is 0.545. The maximum absolute atomic E-state index is 9.21. The van der Waals surface area contributed by atoms with Gasteiger partial charge < -0.3 is 10.4 Å². The molecule has 0 amide bonds. The lowest BCUT2D eigenvalue weighted by Crippen LogP contribution is -2.21. The van der Waals surface area contributed by atoms with E-state index in [1.165, 1.54) is 0 Å². The van der Waals surface area contributed by atoms with Gasteiger partial charge in [-0.15, -0.1) is 0 Å². The summed E-state index contributed by atoms with van der Waals surface area (Å²) in [5.74, 6) is 0.903. The molecule has 0 bridgehead atoms. The summed E-state index contributed by atoms with van der Waals surface area (Å²) in [6, 6.07) is 4.17. The first-order valence-corrected chi connectivity index (χ1v) is 4.96. The molecule has 0 saturated heterocycles. The van der Waals surface area contributed by atoms with Crippen LogP contribution in [0.4, 0.5) is 5.82 Å². The number of nitrogens with one attached hydrogen (secondary N) is 1. The minimum Gasteiger partial charge on any atom is -0.393 e. The van der Waals surface area contributed by atoms with Crippen LogP contribution in [0.3, 0.4) is 0 Å². The molecule has 0 fully saturated rings. The standard InChI is InChI=1S/C11H18N2O/c1-8-5-4-6-12-11(8)13-9(2)7-10(3)14/h4-6,9-10,14H,7H2,1-3H3,(H,12,13). The molecule has 1 rings (SSSR count). The molecule has 0 aromatic carbocycles. The molecular weight excluding hydrogens is 176 g/mol. The minimum absolute atomic E-state index is 0.239. The van der Waals surface area contributed by atoms with Crippen molar-refractivity contribution in [1.29, 1.82) is 0 Å². The van der Waals surface area contributed by atoms with Gasteiger partial charge in [0.05, 0.1) is 6.10 Å². The number of aliphatic hydroxyl groups is 1. The normalized spacial score (nSPS) is 14.9. The van der Waals surface area contributed by atoms with E-state index in [9.17, 15) is 5.11 Å². The molecule has 2 atom stereocenters. The zero-order valence-corrected chi connectivity index (χ0v) is 8.99. The molecule has 14 heavy (non-hydrogen) atoms. The Morgan fingerprint density at radius 1 is 1.50 bits per heavy atom. The summed E-state index contributed by atoms with van der Waals surface area (Å²) < 4.78 is 0. The van der Waals surface area contributed by atoms with Gasteiger partial charge in [0.15, 0.2) is 0 Å². The smallest absolute Gasteiger partial charge is 0.129 e. The third-order valence-corrected chi connectivity index (χ3v) is 2.09. The Kier molecular flexibility index (Phi) is 3.89. The van der Waals surface area contributed by atoms with Crippen molar-refractivity contribution in [3.8, 4) is 0 Å². The van der Waals surface area contributed by atoms with Crippen LogP contribution in [0.2, 0.25) is 0 Å². The second-order valence-corrected chi connectivity index (χ2v) is 3.80. The first kappa shape index (κ1) is 11.0. The third kappa shape index (κ3) is 3.34. The zero-order chi connectivity index (χ0) is 10.6. The van der Waals surface area contributed by atoms with Crippen LogP contribution >= 0.6 is 0 Å². The topological polar surface area (TPSA) is 45.2 Å². The van der Waals surface area contributed by atoms with E-state index in [2.05, 4.69) is 10.3 Å². The molecular formula is C11H18N2O. The van der Waals surface area contributed by atoms with E-state index in [4.69, 9.17) is 0 Å². The van der Waals surface area contributed by atoms with Crippen LogP contribution in [0.25, 0.3) is 0 Å². The van der Waals surface area contributed by atoms with Crippen LogP contribution in [-0.4, -0.2) is 22.2 Å². The molecule has 1 heterocycles. The van der Waals surface area contributed by atoms with Crippen molar-refractivity contribution in [1.82, 2.24) is 4.98 Å². The Balaban J connectivity index is 2.56. The Hall–Kier alpha value is -1.09. The Morgan fingerprint density at radius 2 is 2.21 bits per heavy atom. The van der Waals surface area contributed by atoms with Crippen molar-refractivity contribution in [2.45, 2.75) is 39.3 Å². The SMILES string of the molecule is Cc1cccnc1NC(C)CC(C)O. The van der Waals surface area contributed by atoms with E-state index in [0.717, 1.165) is 17.8 Å². The highest BCUT2D eigenvalue weighted by molar-refractivity contribution is 5.43. The van der Waals surface area contributed by atoms with E-state index in [0.29, 0.717) is 0 Å². The number of rotatable bonds is 4. The number of aromatic nitrogens is 1. The van der Waals surface area contributed by atoms with Gasteiger partial charge in [-0.2, -0.15) is 0 Å². The molecule has 0 spiro atoms. The summed E-state index contributed by atoms with van der Waals surface area (Å²) in [6.07, 6.45) is 2.22. The maximum Gasteiger partial charge on any atom is 0.129 e. The summed E-state index contributed by atoms with van der Waals surface area (Å²) in [5, 5.41) is 12.5. The van der Waals surface area contributed by atoms with Crippen molar-refractivity contribution in [3.05, 3.63) is 23.9 Å². The number of nitrogens with zero attached hydrogens (tertiary/aromatic N) is 1. The monoisotopic (exact) mass is 194 g/mol. The van der Waals surface area contributed by atoms with Crippen LogP contribution in [0, 0.1) is 6.92 Å². The molecule has 1 aromatic rings. The molecule has 2 N–H and O–H groups in total. The molecule has 2 unspecified atom stereocenters. The molecule has 1 aromatic heterocycles. The van der Waals surface area contributed by atoms with E-state index < -0.39 is 0 Å². The number of pyridine rings is 1. The van der Waals surface area contributed by atoms with Gasteiger partial charge in [-0.3, -0.25) is 0 Å². The van der Waals surface area contributed by atoms with Gasteiger partial charge in [-0.1, -0.05) is 6.07 Å². The van der Waals surface area contributed by atoms with E-state index in [1.54, 1.807) is 13.1 Å². The highest BCUT2D eigenvalue weighted by Gasteiger charge is 2.07. The van der Waals surface area contributed by atoms with Crippen LogP contribution < -0.4 is 5.32 Å². The molecule has 0 aliphatic heterocycles. The Labute approximate surface area is 85.2 Å². The van der Waals surface area contributed by atoms with E-state index in [-0.39, 0.29) is 12.1 Å². The molecule has 3 heteroatoms. The number of hydrogen-bond acceptors (Lipinski definition) is 3. The van der Waals surface area contributed by atoms with Crippen LogP contribution in [0.5, 0.6) is 0 Å². The molecule has 3 nitrogen and oxygen atoms in total. The van der Waals surface area contributed by atoms with Crippen molar-refractivity contribution in [2.75, 3.05) is 5.32 Å². The first-order valence-electron chi connectivity index (χ1n) is 4.96. The summed E-state index contributed by atoms with van der Waals surface area (Å²) in [6.45, 7) is 5.86. The second-order valence-electron chi connectivity index (χ2n) is 3.80. The second kappa shape index (κ2) is 4.96. The average molecular weight is 194 g/mol. The maximum atomic E-state index is 9.21. The van der Waals surface area contributed by atoms with Crippen molar-refractivity contribution >= 4 is 5.82 Å². The number of aryl methyl sites for hydroxylation is 1. The molecule has 78 valence electrons. The van der Waals surface area contributed by atoms with E-state index in [1.807, 2.05) is 26.0 Å². The van der Waals surface area contributed by atoms with Gasteiger partial charge in [0.2, 0.25) is 0 Å². The third-order valence-electron chi connectivity index (χ3n) is 2.09. The lowest BCUT2D eigenvalue weighted by atomic mass is 10.1. The predicted molar refractivity (Wildman–Crippen MR) is 58.4 cm³/mol. The number of anilines is 1. The largest absolute Gasteiger partial charge is 0.393 e. The molecule has 0 radical (unpaired) electrons. The summed E-state index contributed by atoms with van der Waals surface area (Å²) in [5.41, 5.74) is 1.13. The van der Waals surface area contributed by atoms with Gasteiger partial charge in [-0.05, 0) is 38.8 Å². The number of hydrogen-bond donors (Lipinski definition) is 2. The molecule has 0 saturated carbocycles. The zero-order valence-electron chi connectivity index (χ0n) is 8.99. The van der Waals surface area contributed by atoms with Crippen molar-refractivity contribution in [3.63, 3.8) is 0 Å². The quantitative estimate of drug-likeness (QED) is 0.770. The van der Waals surface area contributed by atoms with Crippen LogP contribution in [0.1, 0.15) is 25.8 Å². The van der Waals surface area contributed by atoms with Gasteiger partial charge in [0, 0.05) is 12.2 Å². The highest BCUT2D eigenvalue weighted by Crippen LogP contribution is 2.12. The summed E-state index contributed by atoms with van der Waals surface area (Å²) in [7, 11) is 0. The minimum atomic E-state index is -0.276. The summed E-state index contributed by atoms with van der Waals surface area (Å²) >= 11 is 0. The lowest BCUT2D eigenvalue weighted by Gasteiger charge is -2.17. The first-order chi connectivity index (χ1) is 6.59. The lowest BCUT2D eigenvalue weighted by molar-refractivity contribution is 0.179. The van der Waals surface area contributed by atoms with Gasteiger partial charge >= 0.3 is 0 Å². The van der Waals surface area contributed by atoms with E-state index >= 15 is 0 Å². The average Bonchev–Trinajstić information content (AvgIpc) is 2.07. The van der Waals surface area contributed by atoms with Crippen LogP contribution in [0.15, 0.2) is 18.3 Å². The summed E-state index contributed by atoms with van der Waals surface area (Å²) in [4.78, 5) is 4.23. The highest BCUT2D eigenvalue weighted by atomic mass is 16.3. The van der Waals surface area contributed by atoms with Crippen molar-refractivity contribution < 1.29 is 5.11 Å². The number of aliphatic hydroxyl groups excluding tert-OH is 1. The Bertz CT molecular complexity index is 286. The fourth-order valence-corrected chi connectivity index (χ4v) is 1.44. The Morgan fingerprint density at radius 3 is 2.79 bits per heavy atom. The van der Waals surface area contributed by atoms with Crippen LogP contribution in [-0.2, 0) is 0 Å². The van der Waals surface area contributed by atoms with Gasteiger partial charge in [-0.25, -0.2) is 4.98 Å². The van der Waals surface area contributed by atoms with Crippen molar-refractivity contribution in [2.24, 2.45) is 0 Å². The molecule has 0 aliphatic carbocycles.